The standard InChI is InChI=1S/C34H40BrN3/c1-8-33-20-34(33,9-2)37-32(28-19-24(35)17-18-29(28)33)38(31(36)27-14-11-10-13-23(27)7)30-25(21(3)4)15-12-16-26(30)22(5)6/h10-19,21-22,36H,8-9,20H2,1-7H3/t33?,34-/m0/s1. The van der Waals surface area contributed by atoms with E-state index in [1.54, 1.807) is 0 Å². The number of anilines is 1. The highest BCUT2D eigenvalue weighted by molar-refractivity contribution is 9.10. The van der Waals surface area contributed by atoms with Gasteiger partial charge in [0.15, 0.2) is 0 Å². The van der Waals surface area contributed by atoms with Crippen LogP contribution in [0.2, 0.25) is 0 Å². The number of nitrogens with one attached hydrogen (secondary N) is 1. The van der Waals surface area contributed by atoms with Crippen LogP contribution in [0.1, 0.15) is 106 Å². The Kier molecular flexibility index (Phi) is 6.92. The highest BCUT2D eigenvalue weighted by atomic mass is 79.9. The summed E-state index contributed by atoms with van der Waals surface area (Å²) >= 11 is 3.77. The number of halogens is 1. The van der Waals surface area contributed by atoms with Gasteiger partial charge < -0.3 is 0 Å². The molecule has 198 valence electrons. The zero-order valence-corrected chi connectivity index (χ0v) is 25.4. The van der Waals surface area contributed by atoms with E-state index in [2.05, 4.69) is 124 Å². The molecular formula is C34H40BrN3. The number of nitrogens with zero attached hydrogens (tertiary/aromatic N) is 2. The summed E-state index contributed by atoms with van der Waals surface area (Å²) in [4.78, 5) is 7.87. The van der Waals surface area contributed by atoms with Crippen molar-refractivity contribution in [2.24, 2.45) is 4.99 Å². The van der Waals surface area contributed by atoms with E-state index in [4.69, 9.17) is 4.99 Å². The highest BCUT2D eigenvalue weighted by Crippen LogP contribution is 2.67. The Bertz CT molecular complexity index is 1410. The molecule has 1 aliphatic heterocycles. The molecule has 0 bridgehead atoms. The van der Waals surface area contributed by atoms with Gasteiger partial charge in [0, 0.05) is 21.0 Å². The number of hydrogen-bond acceptors (Lipinski definition) is 2. The van der Waals surface area contributed by atoms with Crippen LogP contribution < -0.4 is 4.90 Å². The molecule has 0 aromatic heterocycles. The maximum absolute atomic E-state index is 9.80. The van der Waals surface area contributed by atoms with Crippen LogP contribution in [-0.4, -0.2) is 17.2 Å². The minimum Gasteiger partial charge on any atom is -0.283 e. The fraction of sp³-hybridized carbons (Fsp3) is 0.412. The number of para-hydroxylation sites is 1. The van der Waals surface area contributed by atoms with Crippen molar-refractivity contribution in [3.05, 3.63) is 98.5 Å². The summed E-state index contributed by atoms with van der Waals surface area (Å²) in [6.45, 7) is 15.7. The number of benzene rings is 3. The Hall–Kier alpha value is -2.72. The summed E-state index contributed by atoms with van der Waals surface area (Å²) in [5.41, 5.74) is 8.15. The molecule has 0 spiro atoms. The maximum atomic E-state index is 9.80. The fourth-order valence-electron chi connectivity index (χ4n) is 6.74. The van der Waals surface area contributed by atoms with E-state index in [1.807, 2.05) is 6.07 Å². The third-order valence-electron chi connectivity index (χ3n) is 9.01. The lowest BCUT2D eigenvalue weighted by atomic mass is 9.81. The van der Waals surface area contributed by atoms with Crippen LogP contribution in [0.3, 0.4) is 0 Å². The first-order valence-corrected chi connectivity index (χ1v) is 14.9. The predicted molar refractivity (Wildman–Crippen MR) is 165 cm³/mol. The van der Waals surface area contributed by atoms with Crippen molar-refractivity contribution >= 4 is 33.3 Å². The van der Waals surface area contributed by atoms with Crippen molar-refractivity contribution in [1.29, 1.82) is 5.41 Å². The first-order chi connectivity index (χ1) is 18.1. The Balaban J connectivity index is 1.87. The van der Waals surface area contributed by atoms with E-state index in [9.17, 15) is 5.41 Å². The topological polar surface area (TPSA) is 39.5 Å². The third kappa shape index (κ3) is 3.99. The molecule has 3 aromatic rings. The Morgan fingerprint density at radius 2 is 1.61 bits per heavy atom. The molecule has 0 saturated heterocycles. The van der Waals surface area contributed by atoms with E-state index in [0.29, 0.717) is 17.7 Å². The molecule has 3 nitrogen and oxygen atoms in total. The van der Waals surface area contributed by atoms with Gasteiger partial charge in [-0.15, -0.1) is 0 Å². The predicted octanol–water partition coefficient (Wildman–Crippen LogP) is 9.50. The molecule has 0 amide bonds. The number of fused-ring (bicyclic) bond motifs is 3. The molecule has 2 aliphatic rings. The lowest BCUT2D eigenvalue weighted by molar-refractivity contribution is 0.498. The molecule has 5 rings (SSSR count). The SMILES string of the molecule is CCC12C[C@]1(CC)N=C(N(C(=N)c1ccccc1C)c1c(C(C)C)cccc1C(C)C)c1cc(Br)ccc12. The molecule has 1 aliphatic carbocycles. The molecule has 1 fully saturated rings. The van der Waals surface area contributed by atoms with Crippen LogP contribution in [0.15, 0.2) is 70.1 Å². The molecule has 1 heterocycles. The Morgan fingerprint density at radius 3 is 2.18 bits per heavy atom. The van der Waals surface area contributed by atoms with Gasteiger partial charge in [0.1, 0.15) is 11.7 Å². The quantitative estimate of drug-likeness (QED) is 0.233. The average Bonchev–Trinajstić information content (AvgIpc) is 3.58. The molecule has 2 atom stereocenters. The fourth-order valence-corrected chi connectivity index (χ4v) is 7.10. The summed E-state index contributed by atoms with van der Waals surface area (Å²) in [5, 5.41) is 9.80. The van der Waals surface area contributed by atoms with Gasteiger partial charge in [-0.1, -0.05) is 106 Å². The highest BCUT2D eigenvalue weighted by Gasteiger charge is 2.69. The second-order valence-corrected chi connectivity index (χ2v) is 12.6. The van der Waals surface area contributed by atoms with Crippen LogP contribution in [-0.2, 0) is 5.41 Å². The minimum atomic E-state index is -0.118. The number of hydrogen-bond donors (Lipinski definition) is 1. The van der Waals surface area contributed by atoms with Gasteiger partial charge in [0.05, 0.1) is 11.2 Å². The first-order valence-electron chi connectivity index (χ1n) is 14.1. The van der Waals surface area contributed by atoms with Crippen molar-refractivity contribution in [3.63, 3.8) is 0 Å². The summed E-state index contributed by atoms with van der Waals surface area (Å²) in [6.07, 6.45) is 3.13. The number of amidine groups is 2. The number of aliphatic imine (C=N–C) groups is 1. The minimum absolute atomic E-state index is 0.0796. The molecule has 1 unspecified atom stereocenters. The largest absolute Gasteiger partial charge is 0.283 e. The van der Waals surface area contributed by atoms with Gasteiger partial charge in [-0.25, -0.2) is 0 Å². The van der Waals surface area contributed by atoms with Gasteiger partial charge in [0.25, 0.3) is 0 Å². The van der Waals surface area contributed by atoms with E-state index in [0.717, 1.165) is 51.9 Å². The van der Waals surface area contributed by atoms with Crippen LogP contribution in [0, 0.1) is 12.3 Å². The van der Waals surface area contributed by atoms with Gasteiger partial charge >= 0.3 is 0 Å². The summed E-state index contributed by atoms with van der Waals surface area (Å²) < 4.78 is 1.04. The van der Waals surface area contributed by atoms with Crippen LogP contribution in [0.4, 0.5) is 5.69 Å². The second-order valence-electron chi connectivity index (χ2n) is 11.7. The van der Waals surface area contributed by atoms with Crippen molar-refractivity contribution in [2.45, 2.75) is 90.5 Å². The number of aryl methyl sites for hydroxylation is 1. The third-order valence-corrected chi connectivity index (χ3v) is 9.50. The van der Waals surface area contributed by atoms with Crippen molar-refractivity contribution in [1.82, 2.24) is 0 Å². The molecule has 1 N–H and O–H groups in total. The van der Waals surface area contributed by atoms with Crippen LogP contribution >= 0.6 is 15.9 Å². The van der Waals surface area contributed by atoms with E-state index in [-0.39, 0.29) is 11.0 Å². The monoisotopic (exact) mass is 569 g/mol. The normalized spacial score (nSPS) is 21.7. The van der Waals surface area contributed by atoms with E-state index < -0.39 is 0 Å². The smallest absolute Gasteiger partial charge is 0.142 e. The second kappa shape index (κ2) is 9.79. The van der Waals surface area contributed by atoms with Gasteiger partial charge in [-0.3, -0.25) is 15.3 Å². The summed E-state index contributed by atoms with van der Waals surface area (Å²) in [5.74, 6) is 2.00. The maximum Gasteiger partial charge on any atom is 0.142 e. The van der Waals surface area contributed by atoms with Crippen molar-refractivity contribution in [3.8, 4) is 0 Å². The molecule has 38 heavy (non-hydrogen) atoms. The van der Waals surface area contributed by atoms with Crippen molar-refractivity contribution < 1.29 is 0 Å². The zero-order chi connectivity index (χ0) is 27.4. The van der Waals surface area contributed by atoms with Gasteiger partial charge in [0.2, 0.25) is 0 Å². The lowest BCUT2D eigenvalue weighted by Gasteiger charge is -2.38. The zero-order valence-electron chi connectivity index (χ0n) is 23.8. The molecular weight excluding hydrogens is 530 g/mol. The Morgan fingerprint density at radius 1 is 0.947 bits per heavy atom. The molecule has 0 radical (unpaired) electrons. The van der Waals surface area contributed by atoms with E-state index >= 15 is 0 Å². The summed E-state index contributed by atoms with van der Waals surface area (Å²) in [6, 6.07) is 21.6. The Labute approximate surface area is 237 Å². The molecule has 1 saturated carbocycles. The molecule has 4 heteroatoms. The van der Waals surface area contributed by atoms with Crippen LogP contribution in [0.25, 0.3) is 0 Å². The molecule has 3 aromatic carbocycles. The summed E-state index contributed by atoms with van der Waals surface area (Å²) in [7, 11) is 0. The first kappa shape index (κ1) is 26.9. The van der Waals surface area contributed by atoms with Crippen LogP contribution in [0.5, 0.6) is 0 Å². The number of rotatable bonds is 6. The average molecular weight is 571 g/mol. The van der Waals surface area contributed by atoms with Gasteiger partial charge in [-0.05, 0) is 72.4 Å². The van der Waals surface area contributed by atoms with E-state index in [1.165, 1.54) is 16.7 Å². The van der Waals surface area contributed by atoms with Crippen molar-refractivity contribution in [2.75, 3.05) is 4.90 Å². The van der Waals surface area contributed by atoms with Gasteiger partial charge in [-0.2, -0.15) is 0 Å². The lowest BCUT2D eigenvalue weighted by Crippen LogP contribution is -2.44.